The van der Waals surface area contributed by atoms with Gasteiger partial charge in [0, 0.05) is 11.8 Å². The average molecular weight is 433 g/mol. The number of epoxide rings is 2. The van der Waals surface area contributed by atoms with Crippen LogP contribution in [0.3, 0.4) is 0 Å². The van der Waals surface area contributed by atoms with Crippen LogP contribution in [-0.4, -0.2) is 48.4 Å². The fraction of sp³-hybridized carbons (Fsp3) is 0.286. The number of rotatable bonds is 8. The Bertz CT molecular complexity index is 991. The molecule has 0 amide bonds. The first kappa shape index (κ1) is 18.8. The van der Waals surface area contributed by atoms with E-state index < -0.39 is 0 Å². The van der Waals surface area contributed by atoms with Gasteiger partial charge in [0.05, 0.1) is 34.6 Å². The van der Waals surface area contributed by atoms with Gasteiger partial charge in [-0.25, -0.2) is 4.68 Å². The molecular weight excluding hydrogens is 415 g/mol. The van der Waals surface area contributed by atoms with Crippen molar-refractivity contribution in [1.82, 2.24) is 9.78 Å². The molecule has 0 saturated carbocycles. The summed E-state index contributed by atoms with van der Waals surface area (Å²) < 4.78 is 23.4. The highest BCUT2D eigenvalue weighted by Gasteiger charge is 2.24. The number of halogens is 2. The smallest absolute Gasteiger partial charge is 0.156 e. The molecule has 3 aromatic rings. The predicted octanol–water partition coefficient (Wildman–Crippen LogP) is 4.40. The molecule has 0 radical (unpaired) electrons. The lowest BCUT2D eigenvalue weighted by atomic mass is 10.1. The third kappa shape index (κ3) is 4.51. The average Bonchev–Trinajstić information content (AvgIpc) is 3.65. The summed E-state index contributed by atoms with van der Waals surface area (Å²) in [5.74, 6) is 1.28. The van der Waals surface area contributed by atoms with Crippen LogP contribution in [0.5, 0.6) is 11.5 Å². The van der Waals surface area contributed by atoms with Gasteiger partial charge in [0.2, 0.25) is 0 Å². The van der Waals surface area contributed by atoms with Crippen molar-refractivity contribution in [2.45, 2.75) is 12.2 Å². The second-order valence-corrected chi connectivity index (χ2v) is 7.76. The fourth-order valence-corrected chi connectivity index (χ4v) is 3.44. The minimum Gasteiger partial charge on any atom is -0.491 e. The van der Waals surface area contributed by atoms with Gasteiger partial charge >= 0.3 is 0 Å². The Labute approximate surface area is 177 Å². The van der Waals surface area contributed by atoms with Crippen LogP contribution in [0.15, 0.2) is 48.7 Å². The Morgan fingerprint density at radius 3 is 2.17 bits per heavy atom. The molecule has 8 heteroatoms. The molecule has 0 N–H and O–H groups in total. The largest absolute Gasteiger partial charge is 0.491 e. The summed E-state index contributed by atoms with van der Waals surface area (Å²) >= 11 is 12.7. The van der Waals surface area contributed by atoms with Crippen molar-refractivity contribution >= 4 is 23.2 Å². The Kier molecular flexibility index (Phi) is 5.09. The van der Waals surface area contributed by atoms with Crippen LogP contribution < -0.4 is 9.47 Å². The lowest BCUT2D eigenvalue weighted by Crippen LogP contribution is -2.05. The fourth-order valence-electron chi connectivity index (χ4n) is 2.85. The van der Waals surface area contributed by atoms with Crippen LogP contribution in [0.4, 0.5) is 0 Å². The van der Waals surface area contributed by atoms with Crippen LogP contribution in [0.2, 0.25) is 10.0 Å². The number of benzene rings is 2. The summed E-state index contributed by atoms with van der Waals surface area (Å²) in [4.78, 5) is 0. The predicted molar refractivity (Wildman–Crippen MR) is 109 cm³/mol. The summed E-state index contributed by atoms with van der Waals surface area (Å²) in [6.07, 6.45) is 2.24. The number of nitrogens with zero attached hydrogens (tertiary/aromatic N) is 2. The van der Waals surface area contributed by atoms with Crippen molar-refractivity contribution < 1.29 is 18.9 Å². The van der Waals surface area contributed by atoms with Gasteiger partial charge < -0.3 is 18.9 Å². The maximum Gasteiger partial charge on any atom is 0.156 e. The molecule has 2 atom stereocenters. The summed E-state index contributed by atoms with van der Waals surface area (Å²) in [5.41, 5.74) is 2.58. The van der Waals surface area contributed by atoms with Gasteiger partial charge in [-0.3, -0.25) is 0 Å². The van der Waals surface area contributed by atoms with E-state index in [1.807, 2.05) is 36.5 Å². The molecule has 0 spiro atoms. The molecule has 0 bridgehead atoms. The maximum atomic E-state index is 6.37. The summed E-state index contributed by atoms with van der Waals surface area (Å²) in [6.45, 7) is 2.53. The zero-order valence-electron chi connectivity index (χ0n) is 15.4. The monoisotopic (exact) mass is 432 g/mol. The van der Waals surface area contributed by atoms with Crippen LogP contribution in [0, 0.1) is 0 Å². The molecule has 0 aliphatic carbocycles. The van der Waals surface area contributed by atoms with E-state index in [2.05, 4.69) is 5.10 Å². The quantitative estimate of drug-likeness (QED) is 0.493. The van der Waals surface area contributed by atoms with Crippen molar-refractivity contribution in [3.63, 3.8) is 0 Å². The Balaban J connectivity index is 1.31. The lowest BCUT2D eigenvalue weighted by Gasteiger charge is -2.11. The van der Waals surface area contributed by atoms with E-state index in [0.29, 0.717) is 35.6 Å². The molecule has 2 unspecified atom stereocenters. The number of hydrogen-bond acceptors (Lipinski definition) is 5. The van der Waals surface area contributed by atoms with Crippen molar-refractivity contribution in [3.05, 3.63) is 58.7 Å². The van der Waals surface area contributed by atoms with Crippen molar-refractivity contribution in [2.75, 3.05) is 26.4 Å². The molecule has 2 aliphatic heterocycles. The maximum absolute atomic E-state index is 6.37. The Morgan fingerprint density at radius 2 is 1.55 bits per heavy atom. The molecule has 1 aromatic heterocycles. The molecule has 150 valence electrons. The highest BCUT2D eigenvalue weighted by atomic mass is 35.5. The molecular formula is C21H18Cl2N2O4. The summed E-state index contributed by atoms with van der Waals surface area (Å²) in [7, 11) is 0. The van der Waals surface area contributed by atoms with Gasteiger partial charge in [0.1, 0.15) is 31.2 Å². The van der Waals surface area contributed by atoms with Crippen LogP contribution in [0.1, 0.15) is 0 Å². The van der Waals surface area contributed by atoms with E-state index in [1.165, 1.54) is 0 Å². The van der Waals surface area contributed by atoms with E-state index >= 15 is 0 Å². The number of ether oxygens (including phenoxy) is 4. The van der Waals surface area contributed by atoms with Crippen molar-refractivity contribution in [3.8, 4) is 28.4 Å². The lowest BCUT2D eigenvalue weighted by molar-refractivity contribution is 0.263. The molecule has 2 fully saturated rings. The highest BCUT2D eigenvalue weighted by molar-refractivity contribution is 6.37. The van der Waals surface area contributed by atoms with E-state index in [-0.39, 0.29) is 12.2 Å². The van der Waals surface area contributed by atoms with Gasteiger partial charge in [-0.05, 0) is 42.5 Å². The first-order valence-electron chi connectivity index (χ1n) is 9.30. The summed E-state index contributed by atoms with van der Waals surface area (Å²) in [6, 6.07) is 13.3. The molecule has 2 saturated heterocycles. The summed E-state index contributed by atoms with van der Waals surface area (Å²) in [5, 5.41) is 5.51. The zero-order chi connectivity index (χ0) is 19.8. The number of hydrogen-bond donors (Lipinski definition) is 0. The molecule has 2 aromatic carbocycles. The molecule has 3 heterocycles. The third-order valence-electron chi connectivity index (χ3n) is 4.64. The topological polar surface area (TPSA) is 61.3 Å². The zero-order valence-corrected chi connectivity index (χ0v) is 16.9. The molecule has 5 rings (SSSR count). The second kappa shape index (κ2) is 7.88. The van der Waals surface area contributed by atoms with Crippen molar-refractivity contribution in [1.29, 1.82) is 0 Å². The van der Waals surface area contributed by atoms with E-state index in [1.54, 1.807) is 16.8 Å². The molecule has 6 nitrogen and oxygen atoms in total. The minimum atomic E-state index is 0.134. The molecule has 2 aliphatic rings. The highest BCUT2D eigenvalue weighted by Crippen LogP contribution is 2.36. The van der Waals surface area contributed by atoms with Gasteiger partial charge in [-0.15, -0.1) is 0 Å². The third-order valence-corrected chi connectivity index (χ3v) is 5.20. The van der Waals surface area contributed by atoms with Gasteiger partial charge in [-0.1, -0.05) is 23.2 Å². The van der Waals surface area contributed by atoms with Crippen molar-refractivity contribution in [2.24, 2.45) is 0 Å². The van der Waals surface area contributed by atoms with Crippen LogP contribution in [-0.2, 0) is 9.47 Å². The van der Waals surface area contributed by atoms with Gasteiger partial charge in [0.25, 0.3) is 0 Å². The van der Waals surface area contributed by atoms with Gasteiger partial charge in [0.15, 0.2) is 5.75 Å². The van der Waals surface area contributed by atoms with E-state index in [9.17, 15) is 0 Å². The Morgan fingerprint density at radius 1 is 0.931 bits per heavy atom. The number of aromatic nitrogens is 2. The Hall–Kier alpha value is -2.25. The van der Waals surface area contributed by atoms with Crippen LogP contribution >= 0.6 is 23.2 Å². The standard InChI is InChI=1S/C21H18Cl2N2O4/c22-18-7-14(8-19(23)21(18)29-12-17-11-28-17)25-6-5-20(24-25)13-1-3-15(4-2-13)26-9-16-10-27-16/h1-8,16-17H,9-12H2. The van der Waals surface area contributed by atoms with Crippen LogP contribution in [0.25, 0.3) is 16.9 Å². The van der Waals surface area contributed by atoms with E-state index in [4.69, 9.17) is 42.1 Å². The van der Waals surface area contributed by atoms with Gasteiger partial charge in [-0.2, -0.15) is 5.10 Å². The second-order valence-electron chi connectivity index (χ2n) is 6.94. The first-order chi connectivity index (χ1) is 14.2. The SMILES string of the molecule is Clc1cc(-n2ccc(-c3ccc(OCC4CO4)cc3)n2)cc(Cl)c1OCC1CO1. The first-order valence-corrected chi connectivity index (χ1v) is 10.1. The molecule has 29 heavy (non-hydrogen) atoms. The minimum absolute atomic E-state index is 0.134. The van der Waals surface area contributed by atoms with E-state index in [0.717, 1.165) is 29.3 Å². The normalized spacial score (nSPS) is 19.8.